The van der Waals surface area contributed by atoms with Crippen molar-refractivity contribution in [1.29, 1.82) is 0 Å². The average Bonchev–Trinajstić information content (AvgIpc) is 3.05. The summed E-state index contributed by atoms with van der Waals surface area (Å²) in [4.78, 5) is 11.7. The number of aliphatic hydroxyl groups is 1. The predicted octanol–water partition coefficient (Wildman–Crippen LogP) is 3.99. The second-order valence-corrected chi connectivity index (χ2v) is 10.1. The van der Waals surface area contributed by atoms with Crippen molar-refractivity contribution in [2.24, 2.45) is 5.41 Å². The first-order valence-corrected chi connectivity index (χ1v) is 11.7. The summed E-state index contributed by atoms with van der Waals surface area (Å²) < 4.78 is 11.9. The summed E-state index contributed by atoms with van der Waals surface area (Å²) in [6, 6.07) is 5.42. The summed E-state index contributed by atoms with van der Waals surface area (Å²) in [5.74, 6) is 2.39. The molecule has 8 heteroatoms. The van der Waals surface area contributed by atoms with Crippen molar-refractivity contribution < 1.29 is 9.32 Å². The molecule has 2 saturated heterocycles. The Labute approximate surface area is 177 Å². The Morgan fingerprint density at radius 2 is 1.96 bits per heavy atom. The maximum absolute atomic E-state index is 11.9. The van der Waals surface area contributed by atoms with Gasteiger partial charge in [0, 0.05) is 41.0 Å². The summed E-state index contributed by atoms with van der Waals surface area (Å²) in [5, 5.41) is 10.8. The van der Waals surface area contributed by atoms with E-state index in [-0.39, 0.29) is 12.0 Å². The van der Waals surface area contributed by atoms with E-state index in [2.05, 4.69) is 4.90 Å². The molecule has 0 radical (unpaired) electrons. The van der Waals surface area contributed by atoms with Gasteiger partial charge in [0.05, 0.1) is 28.0 Å². The van der Waals surface area contributed by atoms with Crippen LogP contribution in [0.2, 0.25) is 10.0 Å². The van der Waals surface area contributed by atoms with Gasteiger partial charge in [-0.1, -0.05) is 35.3 Å². The zero-order valence-electron chi connectivity index (χ0n) is 15.8. The Morgan fingerprint density at radius 3 is 2.61 bits per heavy atom. The highest BCUT2D eigenvalue weighted by atomic mass is 35.5. The van der Waals surface area contributed by atoms with E-state index in [0.717, 1.165) is 55.4 Å². The zero-order chi connectivity index (χ0) is 19.9. The number of nitrogens with zero attached hydrogens (tertiary/aromatic N) is 3. The number of benzene rings is 1. The first kappa shape index (κ1) is 20.1. The monoisotopic (exact) mass is 439 g/mol. The van der Waals surface area contributed by atoms with Gasteiger partial charge < -0.3 is 10.0 Å². The fourth-order valence-corrected chi connectivity index (χ4v) is 6.56. The van der Waals surface area contributed by atoms with E-state index >= 15 is 0 Å². The number of hydrogen-bond donors (Lipinski definition) is 1. The summed E-state index contributed by atoms with van der Waals surface area (Å²) in [6.45, 7) is 3.39. The molecule has 1 aromatic heterocycles. The van der Waals surface area contributed by atoms with Gasteiger partial charge in [0.15, 0.2) is 5.82 Å². The van der Waals surface area contributed by atoms with Crippen LogP contribution in [-0.2, 0) is 17.4 Å². The van der Waals surface area contributed by atoms with Crippen LogP contribution < -0.4 is 4.90 Å². The Balaban J connectivity index is 1.63. The molecule has 1 atom stereocenters. The largest absolute Gasteiger partial charge is 0.390 e. The molecule has 0 saturated carbocycles. The summed E-state index contributed by atoms with van der Waals surface area (Å²) >= 11 is 12.5. The molecular formula is C20H23Cl2N3O2S. The first-order chi connectivity index (χ1) is 13.4. The molecule has 1 spiro atoms. The summed E-state index contributed by atoms with van der Waals surface area (Å²) in [7, 11) is -0.663. The van der Waals surface area contributed by atoms with Gasteiger partial charge >= 0.3 is 0 Å². The molecule has 1 aromatic carbocycles. The minimum Gasteiger partial charge on any atom is -0.390 e. The molecule has 4 rings (SSSR count). The fraction of sp³-hybridized carbons (Fsp3) is 0.500. The first-order valence-electron chi connectivity index (χ1n) is 9.45. The Morgan fingerprint density at radius 1 is 1.21 bits per heavy atom. The maximum Gasteiger partial charge on any atom is 0.153 e. The second-order valence-electron chi connectivity index (χ2n) is 7.71. The van der Waals surface area contributed by atoms with Crippen LogP contribution in [0.15, 0.2) is 18.2 Å². The Hall–Kier alpha value is -1.21. The van der Waals surface area contributed by atoms with Crippen LogP contribution >= 0.6 is 23.2 Å². The third-order valence-electron chi connectivity index (χ3n) is 5.93. The fourth-order valence-electron chi connectivity index (χ4n) is 4.25. The predicted molar refractivity (Wildman–Crippen MR) is 115 cm³/mol. The van der Waals surface area contributed by atoms with Gasteiger partial charge in [0.2, 0.25) is 0 Å². The van der Waals surface area contributed by atoms with Crippen LogP contribution in [0.4, 0.5) is 5.82 Å². The number of aromatic nitrogens is 2. The molecule has 1 N–H and O–H groups in total. The van der Waals surface area contributed by atoms with Crippen molar-refractivity contribution in [3.8, 4) is 11.3 Å². The quantitative estimate of drug-likeness (QED) is 0.782. The van der Waals surface area contributed by atoms with E-state index < -0.39 is 10.8 Å². The van der Waals surface area contributed by atoms with Gasteiger partial charge in [0.1, 0.15) is 5.69 Å². The Bertz CT molecular complexity index is 930. The number of hydrogen-bond acceptors (Lipinski definition) is 5. The minimum absolute atomic E-state index is 0.195. The van der Waals surface area contributed by atoms with Crippen LogP contribution in [0.3, 0.4) is 0 Å². The molecule has 0 bridgehead atoms. The highest BCUT2D eigenvalue weighted by Crippen LogP contribution is 2.42. The third kappa shape index (κ3) is 3.67. The SMILES string of the molecule is Cc1nc(N2CCC3(CC2)CCS(=O)C3)c(CO)nc1-c1cccc(Cl)c1Cl. The van der Waals surface area contributed by atoms with Crippen molar-refractivity contribution in [3.63, 3.8) is 0 Å². The smallest absolute Gasteiger partial charge is 0.153 e. The molecule has 28 heavy (non-hydrogen) atoms. The van der Waals surface area contributed by atoms with E-state index in [0.29, 0.717) is 27.0 Å². The lowest BCUT2D eigenvalue weighted by Gasteiger charge is -2.39. The summed E-state index contributed by atoms with van der Waals surface area (Å²) in [6.07, 6.45) is 3.07. The second kappa shape index (κ2) is 7.90. The minimum atomic E-state index is -0.663. The van der Waals surface area contributed by atoms with E-state index in [1.807, 2.05) is 19.1 Å². The molecule has 3 heterocycles. The van der Waals surface area contributed by atoms with E-state index in [9.17, 15) is 9.32 Å². The molecule has 2 aromatic rings. The van der Waals surface area contributed by atoms with Gasteiger partial charge in [-0.3, -0.25) is 4.21 Å². The molecule has 0 amide bonds. The number of anilines is 1. The van der Waals surface area contributed by atoms with Crippen molar-refractivity contribution in [2.75, 3.05) is 29.5 Å². The topological polar surface area (TPSA) is 66.3 Å². The normalized spacial score (nSPS) is 21.4. The van der Waals surface area contributed by atoms with Crippen LogP contribution in [0.5, 0.6) is 0 Å². The highest BCUT2D eigenvalue weighted by Gasteiger charge is 2.41. The van der Waals surface area contributed by atoms with Gasteiger partial charge in [-0.05, 0) is 37.7 Å². The van der Waals surface area contributed by atoms with E-state index in [1.165, 1.54) is 0 Å². The molecule has 2 aliphatic rings. The van der Waals surface area contributed by atoms with Crippen molar-refractivity contribution in [3.05, 3.63) is 39.6 Å². The molecular weight excluding hydrogens is 417 g/mol. The van der Waals surface area contributed by atoms with Gasteiger partial charge in [-0.25, -0.2) is 9.97 Å². The Kier molecular flexibility index (Phi) is 5.67. The molecule has 0 aliphatic carbocycles. The standard InChI is InChI=1S/C20H23Cl2N3O2S/c1-13-18(14-3-2-4-15(21)17(14)22)24-16(11-26)19(23-13)25-8-5-20(6-9-25)7-10-28(27)12-20/h2-4,26H,5-12H2,1H3. The summed E-state index contributed by atoms with van der Waals surface area (Å²) in [5.41, 5.74) is 2.87. The number of aliphatic hydroxyl groups excluding tert-OH is 1. The lowest BCUT2D eigenvalue weighted by molar-refractivity contribution is 0.253. The van der Waals surface area contributed by atoms with E-state index in [4.69, 9.17) is 33.2 Å². The van der Waals surface area contributed by atoms with Crippen LogP contribution in [-0.4, -0.2) is 43.9 Å². The van der Waals surface area contributed by atoms with Crippen molar-refractivity contribution >= 4 is 39.8 Å². The van der Waals surface area contributed by atoms with Crippen LogP contribution in [0.1, 0.15) is 30.7 Å². The molecule has 150 valence electrons. The molecule has 2 aliphatic heterocycles. The molecule has 5 nitrogen and oxygen atoms in total. The molecule has 2 fully saturated rings. The van der Waals surface area contributed by atoms with Gasteiger partial charge in [-0.2, -0.15) is 0 Å². The van der Waals surface area contributed by atoms with Crippen molar-refractivity contribution in [2.45, 2.75) is 32.8 Å². The van der Waals surface area contributed by atoms with E-state index in [1.54, 1.807) is 6.07 Å². The van der Waals surface area contributed by atoms with Crippen LogP contribution in [0.25, 0.3) is 11.3 Å². The van der Waals surface area contributed by atoms with Gasteiger partial charge in [0.25, 0.3) is 0 Å². The number of rotatable bonds is 3. The van der Waals surface area contributed by atoms with Gasteiger partial charge in [-0.15, -0.1) is 0 Å². The highest BCUT2D eigenvalue weighted by molar-refractivity contribution is 7.85. The maximum atomic E-state index is 11.9. The number of aryl methyl sites for hydroxylation is 1. The average molecular weight is 440 g/mol. The lowest BCUT2D eigenvalue weighted by atomic mass is 9.78. The van der Waals surface area contributed by atoms with Crippen molar-refractivity contribution in [1.82, 2.24) is 9.97 Å². The van der Waals surface area contributed by atoms with Crippen LogP contribution in [0, 0.1) is 12.3 Å². The zero-order valence-corrected chi connectivity index (χ0v) is 18.1. The lowest BCUT2D eigenvalue weighted by Crippen LogP contribution is -2.41. The molecule has 1 unspecified atom stereocenters. The number of piperidine rings is 1. The number of halogens is 2. The third-order valence-corrected chi connectivity index (χ3v) is 8.34.